The lowest BCUT2D eigenvalue weighted by Gasteiger charge is -2.33. The molecule has 0 aliphatic carbocycles. The maximum atomic E-state index is 13.0. The van der Waals surface area contributed by atoms with Crippen LogP contribution in [0.5, 0.6) is 0 Å². The van der Waals surface area contributed by atoms with Crippen molar-refractivity contribution in [1.29, 1.82) is 0 Å². The molecule has 1 aromatic carbocycles. The second kappa shape index (κ2) is 5.84. The van der Waals surface area contributed by atoms with Crippen molar-refractivity contribution in [1.82, 2.24) is 20.0 Å². The van der Waals surface area contributed by atoms with Crippen molar-refractivity contribution in [3.8, 4) is 5.69 Å². The van der Waals surface area contributed by atoms with E-state index >= 15 is 0 Å². The Morgan fingerprint density at radius 2 is 1.96 bits per heavy atom. The minimum absolute atomic E-state index is 0.0668. The zero-order valence-corrected chi connectivity index (χ0v) is 13.8. The fourth-order valence-electron chi connectivity index (χ4n) is 3.63. The third kappa shape index (κ3) is 2.52. The predicted octanol–water partition coefficient (Wildman–Crippen LogP) is 0.644. The van der Waals surface area contributed by atoms with Gasteiger partial charge >= 0.3 is 0 Å². The molecule has 0 spiro atoms. The van der Waals surface area contributed by atoms with E-state index in [2.05, 4.69) is 10.4 Å². The molecular formula is C18H18N4O3. The molecule has 2 saturated heterocycles. The summed E-state index contributed by atoms with van der Waals surface area (Å²) in [6, 6.07) is 10.2. The number of aryl methyl sites for hydroxylation is 1. The molecule has 1 aromatic heterocycles. The highest BCUT2D eigenvalue weighted by atomic mass is 16.2. The van der Waals surface area contributed by atoms with E-state index in [1.54, 1.807) is 11.6 Å². The van der Waals surface area contributed by atoms with Gasteiger partial charge in [0.25, 0.3) is 5.91 Å². The number of nitrogens with one attached hydrogen (secondary N) is 1. The zero-order valence-electron chi connectivity index (χ0n) is 13.8. The fraction of sp³-hybridized carbons (Fsp3) is 0.333. The number of para-hydroxylation sites is 1. The highest BCUT2D eigenvalue weighted by molar-refractivity contribution is 5.97. The van der Waals surface area contributed by atoms with Gasteiger partial charge in [0, 0.05) is 18.3 Å². The van der Waals surface area contributed by atoms with Crippen LogP contribution in [0, 0.1) is 6.92 Å². The van der Waals surface area contributed by atoms with Gasteiger partial charge in [0.15, 0.2) is 5.69 Å². The number of benzene rings is 1. The van der Waals surface area contributed by atoms with Crippen LogP contribution in [0.1, 0.15) is 29.0 Å². The number of nitrogens with zero attached hydrogens (tertiary/aromatic N) is 3. The molecular weight excluding hydrogens is 320 g/mol. The molecule has 3 heterocycles. The number of hydrogen-bond donors (Lipinski definition) is 1. The number of carbonyl (C=O) groups excluding carboxylic acids is 2. The Morgan fingerprint density at radius 1 is 1.20 bits per heavy atom. The minimum Gasteiger partial charge on any atom is -0.352 e. The molecule has 7 nitrogen and oxygen atoms in total. The maximum Gasteiger partial charge on any atom is 0.279 e. The average Bonchev–Trinajstić information content (AvgIpc) is 2.95. The Kier molecular flexibility index (Phi) is 3.63. The Morgan fingerprint density at radius 3 is 2.72 bits per heavy atom. The smallest absolute Gasteiger partial charge is 0.279 e. The number of piperazine rings is 1. The number of amides is 2. The second-order valence-electron chi connectivity index (χ2n) is 6.45. The van der Waals surface area contributed by atoms with Crippen molar-refractivity contribution in [3.63, 3.8) is 0 Å². The average molecular weight is 338 g/mol. The van der Waals surface area contributed by atoms with Crippen molar-refractivity contribution in [2.45, 2.75) is 31.8 Å². The molecule has 25 heavy (non-hydrogen) atoms. The molecule has 2 aromatic rings. The first kappa shape index (κ1) is 15.6. The lowest BCUT2D eigenvalue weighted by molar-refractivity contribution is -0.127. The van der Waals surface area contributed by atoms with Crippen molar-refractivity contribution in [2.24, 2.45) is 0 Å². The fourth-order valence-corrected chi connectivity index (χ4v) is 3.63. The summed E-state index contributed by atoms with van der Waals surface area (Å²) in [6.07, 6.45) is 1.38. The molecule has 2 unspecified atom stereocenters. The summed E-state index contributed by atoms with van der Waals surface area (Å²) in [5.41, 5.74) is 0.863. The number of fused-ring (bicyclic) bond motifs is 2. The van der Waals surface area contributed by atoms with E-state index in [9.17, 15) is 14.4 Å². The molecule has 7 heteroatoms. The third-order valence-electron chi connectivity index (χ3n) is 4.86. The van der Waals surface area contributed by atoms with Crippen molar-refractivity contribution >= 4 is 11.8 Å². The molecule has 2 bridgehead atoms. The van der Waals surface area contributed by atoms with E-state index in [1.807, 2.05) is 30.3 Å². The monoisotopic (exact) mass is 338 g/mol. The van der Waals surface area contributed by atoms with Gasteiger partial charge in [0.1, 0.15) is 6.04 Å². The Balaban J connectivity index is 1.77. The van der Waals surface area contributed by atoms with Crippen molar-refractivity contribution < 1.29 is 9.59 Å². The summed E-state index contributed by atoms with van der Waals surface area (Å²) >= 11 is 0. The van der Waals surface area contributed by atoms with Crippen molar-refractivity contribution in [3.05, 3.63) is 58.0 Å². The number of hydrogen-bond acceptors (Lipinski definition) is 4. The molecule has 2 amide bonds. The summed E-state index contributed by atoms with van der Waals surface area (Å²) in [5, 5.41) is 7.12. The second-order valence-corrected chi connectivity index (χ2v) is 6.45. The summed E-state index contributed by atoms with van der Waals surface area (Å²) in [6.45, 7) is 2.20. The van der Waals surface area contributed by atoms with Crippen LogP contribution >= 0.6 is 0 Å². The first-order valence-electron chi connectivity index (χ1n) is 8.33. The normalized spacial score (nSPS) is 22.0. The zero-order chi connectivity index (χ0) is 17.6. The topological polar surface area (TPSA) is 84.3 Å². The van der Waals surface area contributed by atoms with Gasteiger partial charge in [0.2, 0.25) is 11.3 Å². The van der Waals surface area contributed by atoms with Gasteiger partial charge in [-0.2, -0.15) is 5.10 Å². The Hall–Kier alpha value is -2.96. The van der Waals surface area contributed by atoms with E-state index < -0.39 is 17.4 Å². The van der Waals surface area contributed by atoms with Gasteiger partial charge in [0.05, 0.1) is 11.7 Å². The molecule has 2 aliphatic heterocycles. The van der Waals surface area contributed by atoms with Gasteiger partial charge in [-0.15, -0.1) is 0 Å². The SMILES string of the molecule is Cc1cc(=O)c(C(=O)N2C3CCC2C(=O)NC3)nn1-c1ccccc1. The Bertz CT molecular complexity index is 906. The van der Waals surface area contributed by atoms with Crippen LogP contribution < -0.4 is 10.7 Å². The highest BCUT2D eigenvalue weighted by Crippen LogP contribution is 2.28. The van der Waals surface area contributed by atoms with Gasteiger partial charge in [-0.25, -0.2) is 4.68 Å². The first-order chi connectivity index (χ1) is 12.1. The lowest BCUT2D eigenvalue weighted by atomic mass is 10.2. The Labute approximate surface area is 144 Å². The molecule has 0 saturated carbocycles. The summed E-state index contributed by atoms with van der Waals surface area (Å²) in [7, 11) is 0. The predicted molar refractivity (Wildman–Crippen MR) is 90.6 cm³/mol. The largest absolute Gasteiger partial charge is 0.352 e. The number of carbonyl (C=O) groups is 2. The van der Waals surface area contributed by atoms with Gasteiger partial charge in [-0.3, -0.25) is 14.4 Å². The quantitative estimate of drug-likeness (QED) is 0.871. The van der Waals surface area contributed by atoms with E-state index in [1.165, 1.54) is 11.0 Å². The van der Waals surface area contributed by atoms with E-state index in [-0.39, 0.29) is 17.6 Å². The van der Waals surface area contributed by atoms with E-state index in [0.717, 1.165) is 12.1 Å². The van der Waals surface area contributed by atoms with Crippen LogP contribution in [0.15, 0.2) is 41.2 Å². The van der Waals surface area contributed by atoms with Crippen molar-refractivity contribution in [2.75, 3.05) is 6.54 Å². The third-order valence-corrected chi connectivity index (χ3v) is 4.86. The molecule has 4 rings (SSSR count). The van der Waals surface area contributed by atoms with Crippen LogP contribution in [0.2, 0.25) is 0 Å². The van der Waals surface area contributed by atoms with Gasteiger partial charge in [-0.05, 0) is 31.9 Å². The molecule has 1 N–H and O–H groups in total. The van der Waals surface area contributed by atoms with E-state index in [0.29, 0.717) is 18.7 Å². The molecule has 2 aliphatic rings. The van der Waals surface area contributed by atoms with Crippen LogP contribution in [0.25, 0.3) is 5.69 Å². The standard InChI is InChI=1S/C18H18N4O3/c1-11-9-15(23)16(20-22(11)12-5-3-2-4-6-12)18(25)21-13-7-8-14(21)17(24)19-10-13/h2-6,9,13-14H,7-8,10H2,1H3,(H,19,24). The highest BCUT2D eigenvalue weighted by Gasteiger charge is 2.45. The summed E-state index contributed by atoms with van der Waals surface area (Å²) < 4.78 is 1.58. The maximum absolute atomic E-state index is 13.0. The van der Waals surface area contributed by atoms with Gasteiger partial charge in [-0.1, -0.05) is 18.2 Å². The molecule has 2 fully saturated rings. The number of aromatic nitrogens is 2. The van der Waals surface area contributed by atoms with Gasteiger partial charge < -0.3 is 10.2 Å². The van der Waals surface area contributed by atoms with E-state index in [4.69, 9.17) is 0 Å². The number of rotatable bonds is 2. The van der Waals surface area contributed by atoms with Crippen LogP contribution in [-0.4, -0.2) is 45.1 Å². The lowest BCUT2D eigenvalue weighted by Crippen LogP contribution is -2.58. The van der Waals surface area contributed by atoms with Crippen LogP contribution in [-0.2, 0) is 4.79 Å². The first-order valence-corrected chi connectivity index (χ1v) is 8.33. The minimum atomic E-state index is -0.501. The van der Waals surface area contributed by atoms with Crippen LogP contribution in [0.4, 0.5) is 0 Å². The molecule has 2 atom stereocenters. The summed E-state index contributed by atoms with van der Waals surface area (Å²) in [5.74, 6) is -0.616. The summed E-state index contributed by atoms with van der Waals surface area (Å²) in [4.78, 5) is 38.9. The molecule has 128 valence electrons. The van der Waals surface area contributed by atoms with Crippen LogP contribution in [0.3, 0.4) is 0 Å². The molecule has 0 radical (unpaired) electrons.